The van der Waals surface area contributed by atoms with E-state index in [1.54, 1.807) is 11.3 Å². The first kappa shape index (κ1) is 9.37. The van der Waals surface area contributed by atoms with E-state index in [0.717, 1.165) is 0 Å². The first-order valence-corrected chi connectivity index (χ1v) is 5.40. The summed E-state index contributed by atoms with van der Waals surface area (Å²) in [6.45, 7) is 0. The van der Waals surface area contributed by atoms with Crippen molar-refractivity contribution in [1.82, 2.24) is 10.3 Å². The van der Waals surface area contributed by atoms with Gasteiger partial charge in [-0.15, -0.1) is 11.3 Å². The van der Waals surface area contributed by atoms with E-state index in [0.29, 0.717) is 0 Å². The molecule has 0 spiro atoms. The first-order valence-electron chi connectivity index (χ1n) is 4.52. The van der Waals surface area contributed by atoms with Gasteiger partial charge in [-0.1, -0.05) is 30.3 Å². The Labute approximate surface area is 87.6 Å². The van der Waals surface area contributed by atoms with Gasteiger partial charge >= 0.3 is 0 Å². The van der Waals surface area contributed by atoms with Crippen LogP contribution in [0, 0.1) is 0 Å². The Morgan fingerprint density at radius 1 is 1.29 bits per heavy atom. The molecule has 2 nitrogen and oxygen atoms in total. The predicted molar refractivity (Wildman–Crippen MR) is 59.5 cm³/mol. The number of thiazole rings is 1. The van der Waals surface area contributed by atoms with Crippen molar-refractivity contribution >= 4 is 11.3 Å². The van der Waals surface area contributed by atoms with Crippen LogP contribution in [0.25, 0.3) is 0 Å². The van der Waals surface area contributed by atoms with Gasteiger partial charge in [-0.3, -0.25) is 4.98 Å². The molecule has 2 aromatic rings. The van der Waals surface area contributed by atoms with E-state index in [-0.39, 0.29) is 6.04 Å². The van der Waals surface area contributed by atoms with Crippen molar-refractivity contribution in [2.45, 2.75) is 6.04 Å². The number of nitrogens with one attached hydrogen (secondary N) is 1. The van der Waals surface area contributed by atoms with Crippen LogP contribution in [0.5, 0.6) is 0 Å². The van der Waals surface area contributed by atoms with E-state index in [1.807, 2.05) is 24.8 Å². The maximum absolute atomic E-state index is 4.10. The molecule has 0 aliphatic heterocycles. The molecule has 1 heterocycles. The molecule has 0 aliphatic rings. The summed E-state index contributed by atoms with van der Waals surface area (Å²) in [5, 5.41) is 3.29. The molecule has 0 aliphatic carbocycles. The van der Waals surface area contributed by atoms with Crippen LogP contribution in [0.3, 0.4) is 0 Å². The Hall–Kier alpha value is -1.19. The van der Waals surface area contributed by atoms with Crippen LogP contribution in [0.2, 0.25) is 0 Å². The molecule has 14 heavy (non-hydrogen) atoms. The van der Waals surface area contributed by atoms with Crippen molar-refractivity contribution in [2.24, 2.45) is 0 Å². The van der Waals surface area contributed by atoms with Crippen LogP contribution in [-0.4, -0.2) is 12.0 Å². The molecule has 0 fully saturated rings. The maximum Gasteiger partial charge on any atom is 0.0794 e. The topological polar surface area (TPSA) is 24.9 Å². The van der Waals surface area contributed by atoms with E-state index < -0.39 is 0 Å². The first-order chi connectivity index (χ1) is 6.92. The van der Waals surface area contributed by atoms with E-state index >= 15 is 0 Å². The number of hydrogen-bond acceptors (Lipinski definition) is 3. The van der Waals surface area contributed by atoms with Crippen LogP contribution in [0.4, 0.5) is 0 Å². The van der Waals surface area contributed by atoms with Gasteiger partial charge < -0.3 is 5.32 Å². The second-order valence-electron chi connectivity index (χ2n) is 3.04. The lowest BCUT2D eigenvalue weighted by Gasteiger charge is -2.13. The molecule has 0 saturated carbocycles. The molecule has 1 atom stereocenters. The summed E-state index contributed by atoms with van der Waals surface area (Å²) in [6, 6.07) is 10.7. The van der Waals surface area contributed by atoms with Crippen LogP contribution in [-0.2, 0) is 0 Å². The molecule has 0 saturated heterocycles. The predicted octanol–water partition coefficient (Wildman–Crippen LogP) is 2.45. The molecule has 2 rings (SSSR count). The normalized spacial score (nSPS) is 12.6. The highest BCUT2D eigenvalue weighted by molar-refractivity contribution is 7.09. The third-order valence-corrected chi connectivity index (χ3v) is 3.00. The van der Waals surface area contributed by atoms with E-state index in [9.17, 15) is 0 Å². The maximum atomic E-state index is 4.10. The molecule has 1 aromatic carbocycles. The third-order valence-electron chi connectivity index (χ3n) is 2.16. The van der Waals surface area contributed by atoms with Gasteiger partial charge in [-0.05, 0) is 12.6 Å². The summed E-state index contributed by atoms with van der Waals surface area (Å²) < 4.78 is 0. The Balaban J connectivity index is 2.31. The van der Waals surface area contributed by atoms with E-state index in [1.165, 1.54) is 10.4 Å². The second kappa shape index (κ2) is 4.35. The molecule has 0 radical (unpaired) electrons. The van der Waals surface area contributed by atoms with Crippen LogP contribution < -0.4 is 5.32 Å². The number of hydrogen-bond donors (Lipinski definition) is 1. The molecule has 3 heteroatoms. The van der Waals surface area contributed by atoms with Gasteiger partial charge in [0, 0.05) is 11.1 Å². The zero-order valence-corrected chi connectivity index (χ0v) is 8.79. The molecule has 1 aromatic heterocycles. The van der Waals surface area contributed by atoms with Crippen molar-refractivity contribution in [2.75, 3.05) is 7.05 Å². The van der Waals surface area contributed by atoms with Crippen molar-refractivity contribution in [1.29, 1.82) is 0 Å². The van der Waals surface area contributed by atoms with Gasteiger partial charge in [0.1, 0.15) is 0 Å². The minimum absolute atomic E-state index is 0.267. The van der Waals surface area contributed by atoms with Crippen LogP contribution in [0.15, 0.2) is 42.0 Å². The summed E-state index contributed by atoms with van der Waals surface area (Å²) in [6.07, 6.45) is 1.92. The van der Waals surface area contributed by atoms with Crippen LogP contribution in [0.1, 0.15) is 16.5 Å². The quantitative estimate of drug-likeness (QED) is 0.830. The molecule has 1 N–H and O–H groups in total. The minimum atomic E-state index is 0.267. The highest BCUT2D eigenvalue weighted by Gasteiger charge is 2.12. The van der Waals surface area contributed by atoms with Gasteiger partial charge in [0.05, 0.1) is 11.6 Å². The average molecular weight is 204 g/mol. The van der Waals surface area contributed by atoms with Gasteiger partial charge in [-0.25, -0.2) is 0 Å². The fraction of sp³-hybridized carbons (Fsp3) is 0.182. The molecule has 0 amide bonds. The molecule has 72 valence electrons. The Morgan fingerprint density at radius 3 is 2.64 bits per heavy atom. The number of nitrogens with zero attached hydrogens (tertiary/aromatic N) is 1. The molecule has 0 bridgehead atoms. The second-order valence-corrected chi connectivity index (χ2v) is 3.95. The summed E-state index contributed by atoms with van der Waals surface area (Å²) in [5.74, 6) is 0. The average Bonchev–Trinajstić information content (AvgIpc) is 2.74. The monoisotopic (exact) mass is 204 g/mol. The minimum Gasteiger partial charge on any atom is -0.309 e. The van der Waals surface area contributed by atoms with Gasteiger partial charge in [0.25, 0.3) is 0 Å². The van der Waals surface area contributed by atoms with Gasteiger partial charge in [0.2, 0.25) is 0 Å². The summed E-state index contributed by atoms with van der Waals surface area (Å²) >= 11 is 1.68. The summed E-state index contributed by atoms with van der Waals surface area (Å²) in [5.41, 5.74) is 3.14. The zero-order valence-electron chi connectivity index (χ0n) is 7.97. The SMILES string of the molecule is CNC(c1ccccc1)c1cncs1. The highest BCUT2D eigenvalue weighted by Crippen LogP contribution is 2.23. The van der Waals surface area contributed by atoms with Crippen molar-refractivity contribution < 1.29 is 0 Å². The molecular formula is C11H12N2S. The van der Waals surface area contributed by atoms with Gasteiger partial charge in [-0.2, -0.15) is 0 Å². The number of rotatable bonds is 3. The lowest BCUT2D eigenvalue weighted by Crippen LogP contribution is -2.16. The standard InChI is InChI=1S/C11H12N2S/c1-12-11(10-7-13-8-14-10)9-5-3-2-4-6-9/h2-8,11-12H,1H3. The largest absolute Gasteiger partial charge is 0.309 e. The third kappa shape index (κ3) is 1.84. The van der Waals surface area contributed by atoms with Crippen molar-refractivity contribution in [3.05, 3.63) is 52.5 Å². The summed E-state index contributed by atoms with van der Waals surface area (Å²) in [4.78, 5) is 5.34. The Bertz CT molecular complexity index is 369. The van der Waals surface area contributed by atoms with E-state index in [2.05, 4.69) is 34.6 Å². The lowest BCUT2D eigenvalue weighted by molar-refractivity contribution is 0.702. The number of aromatic nitrogens is 1. The van der Waals surface area contributed by atoms with Crippen molar-refractivity contribution in [3.63, 3.8) is 0 Å². The van der Waals surface area contributed by atoms with Crippen LogP contribution >= 0.6 is 11.3 Å². The molecule has 1 unspecified atom stereocenters. The summed E-state index contributed by atoms with van der Waals surface area (Å²) in [7, 11) is 1.97. The fourth-order valence-corrected chi connectivity index (χ4v) is 2.24. The zero-order chi connectivity index (χ0) is 9.80. The smallest absolute Gasteiger partial charge is 0.0794 e. The highest BCUT2D eigenvalue weighted by atomic mass is 32.1. The lowest BCUT2D eigenvalue weighted by atomic mass is 10.1. The Kier molecular flexibility index (Phi) is 2.91. The van der Waals surface area contributed by atoms with Crippen molar-refractivity contribution in [3.8, 4) is 0 Å². The van der Waals surface area contributed by atoms with E-state index in [4.69, 9.17) is 0 Å². The molecular weight excluding hydrogens is 192 g/mol. The number of benzene rings is 1. The Morgan fingerprint density at radius 2 is 2.07 bits per heavy atom. The fourth-order valence-electron chi connectivity index (χ4n) is 1.49. The van der Waals surface area contributed by atoms with Gasteiger partial charge in [0.15, 0.2) is 0 Å².